The van der Waals surface area contributed by atoms with Crippen LogP contribution in [0.25, 0.3) is 0 Å². The lowest BCUT2D eigenvalue weighted by Crippen LogP contribution is -2.09. The molecular formula is C10H11BrO. The van der Waals surface area contributed by atoms with E-state index in [2.05, 4.69) is 35.0 Å². The van der Waals surface area contributed by atoms with E-state index in [-0.39, 0.29) is 0 Å². The van der Waals surface area contributed by atoms with Crippen LogP contribution in [0.1, 0.15) is 17.5 Å². The summed E-state index contributed by atoms with van der Waals surface area (Å²) in [6.07, 6.45) is 2.27. The van der Waals surface area contributed by atoms with Crippen LogP contribution in [0, 0.1) is 6.92 Å². The van der Waals surface area contributed by atoms with Gasteiger partial charge < -0.3 is 4.74 Å². The molecule has 0 radical (unpaired) electrons. The number of benzene rings is 1. The van der Waals surface area contributed by atoms with Crippen molar-refractivity contribution in [3.63, 3.8) is 0 Å². The Balaban J connectivity index is 2.57. The molecule has 1 nitrogen and oxygen atoms in total. The highest BCUT2D eigenvalue weighted by atomic mass is 79.9. The van der Waals surface area contributed by atoms with Crippen LogP contribution >= 0.6 is 15.9 Å². The highest BCUT2D eigenvalue weighted by Gasteiger charge is 2.14. The maximum atomic E-state index is 5.61. The van der Waals surface area contributed by atoms with Gasteiger partial charge in [0.1, 0.15) is 5.75 Å². The summed E-state index contributed by atoms with van der Waals surface area (Å²) >= 11 is 3.54. The predicted octanol–water partition coefficient (Wildman–Crippen LogP) is 3.08. The van der Waals surface area contributed by atoms with E-state index in [4.69, 9.17) is 4.74 Å². The molecule has 0 amide bonds. The fraction of sp³-hybridized carbons (Fsp3) is 0.400. The fourth-order valence-corrected chi connectivity index (χ4v) is 2.09. The van der Waals surface area contributed by atoms with Gasteiger partial charge in [0.15, 0.2) is 0 Å². The summed E-state index contributed by atoms with van der Waals surface area (Å²) in [6.45, 7) is 2.96. The van der Waals surface area contributed by atoms with Crippen molar-refractivity contribution in [1.82, 2.24) is 0 Å². The molecule has 2 rings (SSSR count). The summed E-state index contributed by atoms with van der Waals surface area (Å²) < 4.78 is 6.79. The highest BCUT2D eigenvalue weighted by molar-refractivity contribution is 9.10. The van der Waals surface area contributed by atoms with Gasteiger partial charge in [-0.05, 0) is 31.4 Å². The van der Waals surface area contributed by atoms with Gasteiger partial charge in [-0.2, -0.15) is 0 Å². The van der Waals surface area contributed by atoms with Crippen LogP contribution in [-0.4, -0.2) is 6.61 Å². The second kappa shape index (κ2) is 3.09. The van der Waals surface area contributed by atoms with Crippen LogP contribution in [0.15, 0.2) is 16.6 Å². The number of rotatable bonds is 0. The lowest BCUT2D eigenvalue weighted by Gasteiger charge is -2.20. The summed E-state index contributed by atoms with van der Waals surface area (Å²) in [5, 5.41) is 0. The van der Waals surface area contributed by atoms with Gasteiger partial charge in [0, 0.05) is 10.0 Å². The van der Waals surface area contributed by atoms with E-state index in [1.54, 1.807) is 0 Å². The minimum atomic E-state index is 0.865. The van der Waals surface area contributed by atoms with E-state index in [1.807, 2.05) is 0 Å². The van der Waals surface area contributed by atoms with Crippen molar-refractivity contribution in [3.8, 4) is 5.75 Å². The molecule has 0 fully saturated rings. The summed E-state index contributed by atoms with van der Waals surface area (Å²) in [7, 11) is 0. The van der Waals surface area contributed by atoms with E-state index in [0.29, 0.717) is 0 Å². The number of fused-ring (bicyclic) bond motifs is 1. The third kappa shape index (κ3) is 1.24. The van der Waals surface area contributed by atoms with Gasteiger partial charge in [0.2, 0.25) is 0 Å². The van der Waals surface area contributed by atoms with Crippen LogP contribution in [0.2, 0.25) is 0 Å². The van der Waals surface area contributed by atoms with E-state index in [9.17, 15) is 0 Å². The van der Waals surface area contributed by atoms with Gasteiger partial charge in [-0.25, -0.2) is 0 Å². The molecule has 0 atom stereocenters. The summed E-state index contributed by atoms with van der Waals surface area (Å²) in [4.78, 5) is 0. The first-order chi connectivity index (χ1) is 5.79. The molecule has 2 heteroatoms. The Morgan fingerprint density at radius 1 is 1.42 bits per heavy atom. The lowest BCUT2D eigenvalue weighted by molar-refractivity contribution is 0.286. The van der Waals surface area contributed by atoms with Crippen molar-refractivity contribution < 1.29 is 4.74 Å². The molecule has 0 N–H and O–H groups in total. The fourth-order valence-electron chi connectivity index (χ4n) is 1.58. The zero-order valence-electron chi connectivity index (χ0n) is 7.06. The molecule has 1 aromatic carbocycles. The predicted molar refractivity (Wildman–Crippen MR) is 52.7 cm³/mol. The van der Waals surface area contributed by atoms with E-state index in [0.717, 1.165) is 25.2 Å². The standard InChI is InChI=1S/C10H11BrO/c1-7-4-5-9(11)8-3-2-6-12-10(7)8/h4-5H,2-3,6H2,1H3. The molecule has 0 bridgehead atoms. The van der Waals surface area contributed by atoms with Gasteiger partial charge >= 0.3 is 0 Å². The first-order valence-corrected chi connectivity index (χ1v) is 4.99. The van der Waals surface area contributed by atoms with E-state index >= 15 is 0 Å². The molecule has 64 valence electrons. The topological polar surface area (TPSA) is 9.23 Å². The maximum Gasteiger partial charge on any atom is 0.126 e. The van der Waals surface area contributed by atoms with Crippen molar-refractivity contribution in [3.05, 3.63) is 27.7 Å². The third-order valence-electron chi connectivity index (χ3n) is 2.22. The van der Waals surface area contributed by atoms with E-state index < -0.39 is 0 Å². The average Bonchev–Trinajstić information content (AvgIpc) is 2.12. The van der Waals surface area contributed by atoms with Gasteiger partial charge in [0.25, 0.3) is 0 Å². The Morgan fingerprint density at radius 2 is 2.25 bits per heavy atom. The summed E-state index contributed by atoms with van der Waals surface area (Å²) in [5.41, 5.74) is 2.58. The molecule has 0 saturated carbocycles. The molecule has 0 unspecified atom stereocenters. The lowest BCUT2D eigenvalue weighted by atomic mass is 10.0. The molecule has 0 saturated heterocycles. The first-order valence-electron chi connectivity index (χ1n) is 4.20. The summed E-state index contributed by atoms with van der Waals surface area (Å²) in [6, 6.07) is 4.19. The molecule has 12 heavy (non-hydrogen) atoms. The number of halogens is 1. The monoisotopic (exact) mass is 226 g/mol. The minimum Gasteiger partial charge on any atom is -0.493 e. The minimum absolute atomic E-state index is 0.865. The molecule has 1 heterocycles. The number of ether oxygens (including phenoxy) is 1. The first kappa shape index (κ1) is 8.11. The van der Waals surface area contributed by atoms with Gasteiger partial charge in [-0.1, -0.05) is 22.0 Å². The third-order valence-corrected chi connectivity index (χ3v) is 2.96. The zero-order valence-corrected chi connectivity index (χ0v) is 8.65. The van der Waals surface area contributed by atoms with Crippen molar-refractivity contribution in [2.75, 3.05) is 6.61 Å². The number of aryl methyl sites for hydroxylation is 1. The highest BCUT2D eigenvalue weighted by Crippen LogP contribution is 2.33. The second-order valence-electron chi connectivity index (χ2n) is 3.12. The zero-order chi connectivity index (χ0) is 8.55. The van der Waals surface area contributed by atoms with Crippen LogP contribution in [-0.2, 0) is 6.42 Å². The smallest absolute Gasteiger partial charge is 0.126 e. The number of hydrogen-bond donors (Lipinski definition) is 0. The van der Waals surface area contributed by atoms with Gasteiger partial charge in [-0.15, -0.1) is 0 Å². The van der Waals surface area contributed by atoms with Crippen LogP contribution in [0.4, 0.5) is 0 Å². The normalized spacial score (nSPS) is 15.2. The van der Waals surface area contributed by atoms with Gasteiger partial charge in [0.05, 0.1) is 6.61 Å². The molecule has 0 spiro atoms. The molecule has 1 aromatic rings. The number of hydrogen-bond acceptors (Lipinski definition) is 1. The maximum absolute atomic E-state index is 5.61. The van der Waals surface area contributed by atoms with Crippen molar-refractivity contribution in [1.29, 1.82) is 0 Å². The summed E-state index contributed by atoms with van der Waals surface area (Å²) in [5.74, 6) is 1.09. The van der Waals surface area contributed by atoms with Crippen molar-refractivity contribution >= 4 is 15.9 Å². The van der Waals surface area contributed by atoms with Crippen LogP contribution in [0.5, 0.6) is 5.75 Å². The van der Waals surface area contributed by atoms with E-state index in [1.165, 1.54) is 15.6 Å². The Kier molecular flexibility index (Phi) is 2.09. The van der Waals surface area contributed by atoms with Crippen molar-refractivity contribution in [2.45, 2.75) is 19.8 Å². The second-order valence-corrected chi connectivity index (χ2v) is 3.98. The van der Waals surface area contributed by atoms with Crippen LogP contribution < -0.4 is 4.74 Å². The average molecular weight is 227 g/mol. The molecule has 1 aliphatic rings. The SMILES string of the molecule is Cc1ccc(Br)c2c1OCCC2. The Hall–Kier alpha value is -0.500. The Labute approximate surface area is 80.9 Å². The molecule has 0 aromatic heterocycles. The Morgan fingerprint density at radius 3 is 3.00 bits per heavy atom. The van der Waals surface area contributed by atoms with Gasteiger partial charge in [-0.3, -0.25) is 0 Å². The molecular weight excluding hydrogens is 216 g/mol. The Bertz CT molecular complexity index is 276. The molecule has 1 aliphatic heterocycles. The van der Waals surface area contributed by atoms with Crippen LogP contribution in [0.3, 0.4) is 0 Å². The quantitative estimate of drug-likeness (QED) is 0.661. The van der Waals surface area contributed by atoms with Crippen molar-refractivity contribution in [2.24, 2.45) is 0 Å². The largest absolute Gasteiger partial charge is 0.493 e. The molecule has 0 aliphatic carbocycles.